The minimum atomic E-state index is 0.103. The number of hydrogen-bond donors (Lipinski definition) is 1. The van der Waals surface area contributed by atoms with Gasteiger partial charge in [-0.15, -0.1) is 0 Å². The monoisotopic (exact) mass is 303 g/mol. The van der Waals surface area contributed by atoms with Gasteiger partial charge in [-0.05, 0) is 18.9 Å². The summed E-state index contributed by atoms with van der Waals surface area (Å²) in [6.07, 6.45) is 3.45. The number of piperazine rings is 1. The highest BCUT2D eigenvalue weighted by molar-refractivity contribution is 5.74. The molecule has 1 aromatic carbocycles. The lowest BCUT2D eigenvalue weighted by Crippen LogP contribution is -2.51. The van der Waals surface area contributed by atoms with Gasteiger partial charge in [0.05, 0.1) is 0 Å². The molecule has 22 heavy (non-hydrogen) atoms. The summed E-state index contributed by atoms with van der Waals surface area (Å²) >= 11 is 0. The third-order valence-electron chi connectivity index (χ3n) is 4.20. The molecule has 4 nitrogen and oxygen atoms in total. The summed E-state index contributed by atoms with van der Waals surface area (Å²) in [5.74, 6) is 0. The number of rotatable bonds is 6. The van der Waals surface area contributed by atoms with E-state index in [4.69, 9.17) is 0 Å². The number of aryl methyl sites for hydroxylation is 1. The third-order valence-corrected chi connectivity index (χ3v) is 4.20. The topological polar surface area (TPSA) is 35.6 Å². The summed E-state index contributed by atoms with van der Waals surface area (Å²) in [4.78, 5) is 16.4. The van der Waals surface area contributed by atoms with E-state index in [1.807, 2.05) is 4.90 Å². The Morgan fingerprint density at radius 3 is 2.64 bits per heavy atom. The highest BCUT2D eigenvalue weighted by Crippen LogP contribution is 2.10. The van der Waals surface area contributed by atoms with Crippen LogP contribution in [0, 0.1) is 6.92 Å². The Morgan fingerprint density at radius 2 is 1.95 bits per heavy atom. The molecule has 1 fully saturated rings. The molecule has 2 rings (SSSR count). The van der Waals surface area contributed by atoms with Crippen molar-refractivity contribution in [1.82, 2.24) is 15.1 Å². The van der Waals surface area contributed by atoms with Gasteiger partial charge in [0.25, 0.3) is 0 Å². The maximum Gasteiger partial charge on any atom is 0.317 e. The minimum Gasteiger partial charge on any atom is -0.338 e. The maximum absolute atomic E-state index is 12.1. The van der Waals surface area contributed by atoms with Crippen molar-refractivity contribution in [3.05, 3.63) is 35.4 Å². The molecule has 2 amide bonds. The highest BCUT2D eigenvalue weighted by atomic mass is 16.2. The summed E-state index contributed by atoms with van der Waals surface area (Å²) < 4.78 is 0. The molecule has 0 spiro atoms. The molecule has 0 aromatic heterocycles. The number of benzene rings is 1. The first-order valence-electron chi connectivity index (χ1n) is 8.49. The second-order valence-corrected chi connectivity index (χ2v) is 6.19. The Kier molecular flexibility index (Phi) is 6.72. The molecule has 1 aliphatic rings. The smallest absolute Gasteiger partial charge is 0.317 e. The molecule has 1 N–H and O–H groups in total. The molecule has 1 heterocycles. The van der Waals surface area contributed by atoms with Gasteiger partial charge < -0.3 is 10.2 Å². The van der Waals surface area contributed by atoms with E-state index in [1.54, 1.807) is 0 Å². The summed E-state index contributed by atoms with van der Waals surface area (Å²) in [5, 5.41) is 3.03. The molecule has 122 valence electrons. The van der Waals surface area contributed by atoms with Crippen molar-refractivity contribution < 1.29 is 4.79 Å². The fourth-order valence-corrected chi connectivity index (χ4v) is 2.86. The third kappa shape index (κ3) is 5.34. The Bertz CT molecular complexity index is 467. The highest BCUT2D eigenvalue weighted by Gasteiger charge is 2.20. The van der Waals surface area contributed by atoms with Gasteiger partial charge in [-0.1, -0.05) is 49.6 Å². The second-order valence-electron chi connectivity index (χ2n) is 6.19. The van der Waals surface area contributed by atoms with Gasteiger partial charge in [0.1, 0.15) is 0 Å². The molecular formula is C18H29N3O. The molecule has 0 bridgehead atoms. The first kappa shape index (κ1) is 16.8. The van der Waals surface area contributed by atoms with Crippen LogP contribution >= 0.6 is 0 Å². The van der Waals surface area contributed by atoms with Crippen molar-refractivity contribution in [3.8, 4) is 0 Å². The number of nitrogens with one attached hydrogen (secondary N) is 1. The first-order chi connectivity index (χ1) is 10.7. The SMILES string of the molecule is CCCCCNC(=O)N1CCN(Cc2cccc(C)c2)CC1. The Morgan fingerprint density at radius 1 is 1.18 bits per heavy atom. The van der Waals surface area contributed by atoms with Gasteiger partial charge in [0.15, 0.2) is 0 Å². The second kappa shape index (κ2) is 8.79. The number of carbonyl (C=O) groups excluding carboxylic acids is 1. The molecule has 0 unspecified atom stereocenters. The molecule has 0 radical (unpaired) electrons. The number of unbranched alkanes of at least 4 members (excludes halogenated alkanes) is 2. The van der Waals surface area contributed by atoms with Crippen LogP contribution in [0.2, 0.25) is 0 Å². The first-order valence-corrected chi connectivity index (χ1v) is 8.49. The maximum atomic E-state index is 12.1. The number of carbonyl (C=O) groups is 1. The van der Waals surface area contributed by atoms with E-state index >= 15 is 0 Å². The predicted molar refractivity (Wildman–Crippen MR) is 91.0 cm³/mol. The molecule has 1 aliphatic heterocycles. The van der Waals surface area contributed by atoms with Crippen LogP contribution in [0.3, 0.4) is 0 Å². The fraction of sp³-hybridized carbons (Fsp3) is 0.611. The largest absolute Gasteiger partial charge is 0.338 e. The zero-order valence-corrected chi connectivity index (χ0v) is 14.0. The lowest BCUT2D eigenvalue weighted by atomic mass is 10.1. The number of nitrogens with zero attached hydrogens (tertiary/aromatic N) is 2. The molecule has 0 aliphatic carbocycles. The molecule has 0 saturated carbocycles. The van der Waals surface area contributed by atoms with Crippen LogP contribution in [0.15, 0.2) is 24.3 Å². The molecule has 0 atom stereocenters. The summed E-state index contributed by atoms with van der Waals surface area (Å²) in [5.41, 5.74) is 2.67. The number of amides is 2. The molecule has 4 heteroatoms. The average molecular weight is 303 g/mol. The van der Waals surface area contributed by atoms with E-state index in [0.717, 1.165) is 45.7 Å². The summed E-state index contributed by atoms with van der Waals surface area (Å²) in [6, 6.07) is 8.77. The van der Waals surface area contributed by atoms with E-state index in [2.05, 4.69) is 48.3 Å². The van der Waals surface area contributed by atoms with Crippen LogP contribution in [0.1, 0.15) is 37.3 Å². The van der Waals surface area contributed by atoms with Gasteiger partial charge >= 0.3 is 6.03 Å². The normalized spacial score (nSPS) is 15.8. The summed E-state index contributed by atoms with van der Waals surface area (Å²) in [7, 11) is 0. The van der Waals surface area contributed by atoms with Crippen molar-refractivity contribution in [3.63, 3.8) is 0 Å². The zero-order chi connectivity index (χ0) is 15.8. The van der Waals surface area contributed by atoms with E-state index < -0.39 is 0 Å². The van der Waals surface area contributed by atoms with Crippen LogP contribution in [0.5, 0.6) is 0 Å². The van der Waals surface area contributed by atoms with E-state index in [0.29, 0.717) is 0 Å². The van der Waals surface area contributed by atoms with Gasteiger partial charge in [-0.3, -0.25) is 4.90 Å². The Labute approximate surface area is 134 Å². The van der Waals surface area contributed by atoms with Crippen LogP contribution in [0.25, 0.3) is 0 Å². The minimum absolute atomic E-state index is 0.103. The Hall–Kier alpha value is -1.55. The summed E-state index contributed by atoms with van der Waals surface area (Å²) in [6.45, 7) is 9.65. The van der Waals surface area contributed by atoms with Gasteiger partial charge in [-0.2, -0.15) is 0 Å². The molecule has 1 saturated heterocycles. The molecular weight excluding hydrogens is 274 g/mol. The van der Waals surface area contributed by atoms with Gasteiger partial charge in [-0.25, -0.2) is 4.79 Å². The van der Waals surface area contributed by atoms with E-state index in [1.165, 1.54) is 24.0 Å². The van der Waals surface area contributed by atoms with Crippen LogP contribution < -0.4 is 5.32 Å². The lowest BCUT2D eigenvalue weighted by molar-refractivity contribution is 0.135. The van der Waals surface area contributed by atoms with Crippen molar-refractivity contribution in [2.45, 2.75) is 39.7 Å². The average Bonchev–Trinajstić information content (AvgIpc) is 2.52. The Balaban J connectivity index is 1.70. The van der Waals surface area contributed by atoms with Crippen LogP contribution in [-0.4, -0.2) is 48.6 Å². The predicted octanol–water partition coefficient (Wildman–Crippen LogP) is 3.01. The van der Waals surface area contributed by atoms with Crippen molar-refractivity contribution in [2.24, 2.45) is 0 Å². The van der Waals surface area contributed by atoms with Crippen molar-refractivity contribution in [1.29, 1.82) is 0 Å². The van der Waals surface area contributed by atoms with Crippen molar-refractivity contribution >= 4 is 6.03 Å². The fourth-order valence-electron chi connectivity index (χ4n) is 2.86. The lowest BCUT2D eigenvalue weighted by Gasteiger charge is -2.34. The van der Waals surface area contributed by atoms with Crippen molar-refractivity contribution in [2.75, 3.05) is 32.7 Å². The van der Waals surface area contributed by atoms with Crippen LogP contribution in [-0.2, 0) is 6.54 Å². The van der Waals surface area contributed by atoms with E-state index in [9.17, 15) is 4.79 Å². The number of hydrogen-bond acceptors (Lipinski definition) is 2. The van der Waals surface area contributed by atoms with E-state index in [-0.39, 0.29) is 6.03 Å². The van der Waals surface area contributed by atoms with Gasteiger partial charge in [0.2, 0.25) is 0 Å². The van der Waals surface area contributed by atoms with Crippen LogP contribution in [0.4, 0.5) is 4.79 Å². The molecule has 1 aromatic rings. The standard InChI is InChI=1S/C18H29N3O/c1-3-4-5-9-19-18(22)21-12-10-20(11-13-21)15-17-8-6-7-16(2)14-17/h6-8,14H,3-5,9-13,15H2,1-2H3,(H,19,22). The quantitative estimate of drug-likeness (QED) is 0.820. The number of urea groups is 1. The van der Waals surface area contributed by atoms with Gasteiger partial charge in [0, 0.05) is 39.3 Å². The zero-order valence-electron chi connectivity index (χ0n) is 14.0.